The third-order valence-corrected chi connectivity index (χ3v) is 2.99. The van der Waals surface area contributed by atoms with E-state index in [1.54, 1.807) is 6.08 Å². The lowest BCUT2D eigenvalue weighted by molar-refractivity contribution is -0.147. The van der Waals surface area contributed by atoms with Crippen molar-refractivity contribution in [2.24, 2.45) is 0 Å². The van der Waals surface area contributed by atoms with Crippen LogP contribution in [0.5, 0.6) is 0 Å². The molecule has 0 radical (unpaired) electrons. The van der Waals surface area contributed by atoms with Crippen molar-refractivity contribution in [2.45, 2.75) is 45.6 Å². The van der Waals surface area contributed by atoms with Gasteiger partial charge in [0.25, 0.3) is 0 Å². The number of Topliss-reactive ketones (excluding diaryl/α,β-unsaturated/α-hetero) is 1. The first-order chi connectivity index (χ1) is 8.60. The fraction of sp³-hybridized carbons (Fsp3) is 0.467. The molecule has 0 bridgehead atoms. The predicted octanol–water partition coefficient (Wildman–Crippen LogP) is 3.12. The molecule has 0 fully saturated rings. The molecule has 3 nitrogen and oxygen atoms in total. The zero-order chi connectivity index (χ0) is 13.5. The molecule has 0 saturated heterocycles. The molecule has 0 amide bonds. The van der Waals surface area contributed by atoms with Gasteiger partial charge in [0, 0.05) is 12.0 Å². The smallest absolute Gasteiger partial charge is 0.306 e. The normalized spacial score (nSPS) is 19.7. The van der Waals surface area contributed by atoms with E-state index in [1.165, 1.54) is 0 Å². The molecule has 0 aromatic carbocycles. The van der Waals surface area contributed by atoms with E-state index >= 15 is 0 Å². The van der Waals surface area contributed by atoms with E-state index in [0.717, 1.165) is 17.6 Å². The van der Waals surface area contributed by atoms with Gasteiger partial charge >= 0.3 is 5.97 Å². The van der Waals surface area contributed by atoms with Crippen LogP contribution in [0.15, 0.2) is 36.0 Å². The summed E-state index contributed by atoms with van der Waals surface area (Å²) in [6.07, 6.45) is 7.05. The van der Waals surface area contributed by atoms with E-state index in [0.29, 0.717) is 19.3 Å². The number of carbonyl (C=O) groups excluding carboxylic acids is 2. The lowest BCUT2D eigenvalue weighted by Crippen LogP contribution is -2.17. The average Bonchev–Trinajstić information content (AvgIpc) is 2.57. The molecular weight excluding hydrogens is 228 g/mol. The maximum Gasteiger partial charge on any atom is 0.306 e. The highest BCUT2D eigenvalue weighted by Crippen LogP contribution is 2.28. The van der Waals surface area contributed by atoms with Gasteiger partial charge in [0.15, 0.2) is 5.78 Å². The molecule has 0 aromatic heterocycles. The van der Waals surface area contributed by atoms with Crippen LogP contribution in [0.3, 0.4) is 0 Å². The maximum atomic E-state index is 11.8. The van der Waals surface area contributed by atoms with Gasteiger partial charge in [0.2, 0.25) is 0 Å². The molecule has 0 N–H and O–H groups in total. The highest BCUT2D eigenvalue weighted by molar-refractivity contribution is 6.00. The van der Waals surface area contributed by atoms with Crippen molar-refractivity contribution in [3.8, 4) is 0 Å². The van der Waals surface area contributed by atoms with Gasteiger partial charge in [-0.3, -0.25) is 9.59 Å². The zero-order valence-electron chi connectivity index (χ0n) is 11.1. The number of ether oxygens (including phenoxy) is 1. The second kappa shape index (κ2) is 6.94. The Kier molecular flexibility index (Phi) is 5.56. The van der Waals surface area contributed by atoms with Crippen molar-refractivity contribution in [2.75, 3.05) is 0 Å². The quantitative estimate of drug-likeness (QED) is 0.536. The summed E-state index contributed by atoms with van der Waals surface area (Å²) in [4.78, 5) is 23.3. The van der Waals surface area contributed by atoms with Crippen LogP contribution < -0.4 is 0 Å². The highest BCUT2D eigenvalue weighted by Gasteiger charge is 2.31. The Morgan fingerprint density at radius 2 is 2.28 bits per heavy atom. The second-order valence-corrected chi connectivity index (χ2v) is 4.39. The van der Waals surface area contributed by atoms with Crippen LogP contribution in [0.2, 0.25) is 0 Å². The van der Waals surface area contributed by atoms with E-state index in [1.807, 2.05) is 26.0 Å². The number of ketones is 1. The molecule has 98 valence electrons. The number of esters is 1. The number of hydrogen-bond donors (Lipinski definition) is 0. The Hall–Kier alpha value is -1.64. The number of hydrogen-bond acceptors (Lipinski definition) is 3. The summed E-state index contributed by atoms with van der Waals surface area (Å²) in [6, 6.07) is 0. The van der Waals surface area contributed by atoms with Crippen LogP contribution in [0.25, 0.3) is 0 Å². The highest BCUT2D eigenvalue weighted by atomic mass is 16.5. The van der Waals surface area contributed by atoms with Crippen LogP contribution >= 0.6 is 0 Å². The standard InChI is InChI=1S/C15H20O3/c1-4-6-7-9-12-11(3)14(10-13(12)16)18-15(17)8-5-2/h4,6-7,14H,1,5,8-10H2,2-3H3. The second-order valence-electron chi connectivity index (χ2n) is 4.39. The summed E-state index contributed by atoms with van der Waals surface area (Å²) >= 11 is 0. The van der Waals surface area contributed by atoms with Crippen molar-refractivity contribution < 1.29 is 14.3 Å². The summed E-state index contributed by atoms with van der Waals surface area (Å²) in [5.41, 5.74) is 1.65. The minimum absolute atomic E-state index is 0.0792. The molecule has 1 rings (SSSR count). The number of carbonyl (C=O) groups is 2. The van der Waals surface area contributed by atoms with E-state index in [2.05, 4.69) is 6.58 Å². The van der Waals surface area contributed by atoms with Crippen molar-refractivity contribution >= 4 is 11.8 Å². The molecule has 1 aliphatic carbocycles. The van der Waals surface area contributed by atoms with Gasteiger partial charge in [-0.15, -0.1) is 0 Å². The first-order valence-electron chi connectivity index (χ1n) is 6.30. The summed E-state index contributed by atoms with van der Waals surface area (Å²) < 4.78 is 5.31. The lowest BCUT2D eigenvalue weighted by Gasteiger charge is -2.12. The van der Waals surface area contributed by atoms with E-state index < -0.39 is 0 Å². The minimum atomic E-state index is -0.358. The third-order valence-electron chi connectivity index (χ3n) is 2.99. The largest absolute Gasteiger partial charge is 0.457 e. The monoisotopic (exact) mass is 248 g/mol. The Balaban J connectivity index is 2.68. The predicted molar refractivity (Wildman–Crippen MR) is 71.1 cm³/mol. The van der Waals surface area contributed by atoms with Gasteiger partial charge in [0.1, 0.15) is 6.10 Å². The lowest BCUT2D eigenvalue weighted by atomic mass is 10.1. The van der Waals surface area contributed by atoms with Crippen LogP contribution in [-0.4, -0.2) is 17.9 Å². The third kappa shape index (κ3) is 3.69. The molecule has 0 aliphatic heterocycles. The molecule has 1 aliphatic rings. The molecular formula is C15H20O3. The summed E-state index contributed by atoms with van der Waals surface area (Å²) in [5, 5.41) is 0. The molecule has 0 aromatic rings. The maximum absolute atomic E-state index is 11.8. The first kappa shape index (κ1) is 14.4. The topological polar surface area (TPSA) is 43.4 Å². The Bertz CT molecular complexity index is 402. The van der Waals surface area contributed by atoms with Crippen LogP contribution in [0.1, 0.15) is 39.5 Å². The van der Waals surface area contributed by atoms with Crippen molar-refractivity contribution in [1.29, 1.82) is 0 Å². The van der Waals surface area contributed by atoms with E-state index in [4.69, 9.17) is 4.74 Å². The Labute approximate surface area is 108 Å². The summed E-state index contributed by atoms with van der Waals surface area (Å²) in [6.45, 7) is 7.37. The number of allylic oxidation sites excluding steroid dienone is 4. The minimum Gasteiger partial charge on any atom is -0.457 e. The van der Waals surface area contributed by atoms with Gasteiger partial charge in [-0.25, -0.2) is 0 Å². The Morgan fingerprint density at radius 1 is 1.56 bits per heavy atom. The Morgan fingerprint density at radius 3 is 2.89 bits per heavy atom. The molecule has 0 saturated carbocycles. The summed E-state index contributed by atoms with van der Waals surface area (Å²) in [7, 11) is 0. The molecule has 0 heterocycles. The SMILES string of the molecule is C=CC=CCC1=C(C)C(OC(=O)CCC)CC1=O. The zero-order valence-corrected chi connectivity index (χ0v) is 11.1. The van der Waals surface area contributed by atoms with Gasteiger partial charge in [0.05, 0.1) is 6.42 Å². The summed E-state index contributed by atoms with van der Waals surface area (Å²) in [5.74, 6) is -0.145. The fourth-order valence-corrected chi connectivity index (χ4v) is 1.97. The first-order valence-corrected chi connectivity index (χ1v) is 6.30. The van der Waals surface area contributed by atoms with Crippen molar-refractivity contribution in [1.82, 2.24) is 0 Å². The van der Waals surface area contributed by atoms with Gasteiger partial charge in [-0.05, 0) is 25.3 Å². The average molecular weight is 248 g/mol. The van der Waals surface area contributed by atoms with E-state index in [-0.39, 0.29) is 17.9 Å². The molecule has 0 spiro atoms. The van der Waals surface area contributed by atoms with Crippen LogP contribution in [-0.2, 0) is 14.3 Å². The van der Waals surface area contributed by atoms with Crippen molar-refractivity contribution in [3.63, 3.8) is 0 Å². The van der Waals surface area contributed by atoms with Crippen LogP contribution in [0.4, 0.5) is 0 Å². The molecule has 1 atom stereocenters. The molecule has 1 unspecified atom stereocenters. The van der Waals surface area contributed by atoms with Crippen molar-refractivity contribution in [3.05, 3.63) is 36.0 Å². The van der Waals surface area contributed by atoms with Gasteiger partial charge in [-0.2, -0.15) is 0 Å². The van der Waals surface area contributed by atoms with Gasteiger partial charge < -0.3 is 4.74 Å². The molecule has 3 heteroatoms. The number of rotatable bonds is 6. The fourth-order valence-electron chi connectivity index (χ4n) is 1.97. The van der Waals surface area contributed by atoms with Crippen LogP contribution in [0, 0.1) is 0 Å². The van der Waals surface area contributed by atoms with Gasteiger partial charge in [-0.1, -0.05) is 31.7 Å². The van der Waals surface area contributed by atoms with E-state index in [9.17, 15) is 9.59 Å². The molecule has 18 heavy (non-hydrogen) atoms.